The molecular weight excluding hydrogens is 257 g/mol. The molecule has 0 atom stereocenters. The van der Waals surface area contributed by atoms with Gasteiger partial charge in [-0.25, -0.2) is 13.2 Å². The smallest absolute Gasteiger partial charge is 0.152 e. The lowest BCUT2D eigenvalue weighted by molar-refractivity contribution is 0.548. The maximum atomic E-state index is 13.5. The third kappa shape index (κ3) is 2.35. The van der Waals surface area contributed by atoms with E-state index >= 15 is 0 Å². The Hall–Kier alpha value is -2.18. The zero-order chi connectivity index (χ0) is 14.2. The molecule has 19 heavy (non-hydrogen) atoms. The molecule has 102 valence electrons. The quantitative estimate of drug-likeness (QED) is 0.901. The van der Waals surface area contributed by atoms with E-state index in [0.717, 1.165) is 0 Å². The highest BCUT2D eigenvalue weighted by atomic mass is 19.1. The molecule has 0 aliphatic carbocycles. The molecular formula is C12H13F3N4. The molecule has 0 bridgehead atoms. The number of nitrogens with zero attached hydrogens (tertiary/aromatic N) is 2. The molecule has 0 aliphatic heterocycles. The number of hydrogen-bond acceptors (Lipinski definition) is 3. The van der Waals surface area contributed by atoms with Gasteiger partial charge in [0.2, 0.25) is 0 Å². The molecule has 0 saturated carbocycles. The third-order valence-electron chi connectivity index (χ3n) is 2.75. The molecule has 4 nitrogen and oxygen atoms in total. The summed E-state index contributed by atoms with van der Waals surface area (Å²) < 4.78 is 41.3. The van der Waals surface area contributed by atoms with Gasteiger partial charge in [0.05, 0.1) is 11.4 Å². The molecule has 1 aromatic carbocycles. The summed E-state index contributed by atoms with van der Waals surface area (Å²) in [6, 6.07) is 1.19. The fraction of sp³-hybridized carbons (Fsp3) is 0.250. The second-order valence-corrected chi connectivity index (χ2v) is 4.06. The Labute approximate surface area is 108 Å². The van der Waals surface area contributed by atoms with Gasteiger partial charge in [-0.3, -0.25) is 4.68 Å². The summed E-state index contributed by atoms with van der Waals surface area (Å²) in [6.07, 6.45) is 0.593. The molecule has 0 fully saturated rings. The molecule has 1 aromatic heterocycles. The third-order valence-corrected chi connectivity index (χ3v) is 2.75. The Bertz CT molecular complexity index is 599. The van der Waals surface area contributed by atoms with Crippen LogP contribution in [0.25, 0.3) is 0 Å². The first kappa shape index (κ1) is 13.3. The van der Waals surface area contributed by atoms with Crippen molar-refractivity contribution in [1.29, 1.82) is 0 Å². The Kier molecular flexibility index (Phi) is 3.37. The van der Waals surface area contributed by atoms with E-state index in [1.807, 2.05) is 6.92 Å². The molecule has 2 aromatic rings. The van der Waals surface area contributed by atoms with Gasteiger partial charge in [0.15, 0.2) is 17.5 Å². The maximum Gasteiger partial charge on any atom is 0.152 e. The second kappa shape index (κ2) is 4.83. The fourth-order valence-electron chi connectivity index (χ4n) is 1.79. The zero-order valence-electron chi connectivity index (χ0n) is 10.5. The molecule has 0 spiro atoms. The molecule has 7 heteroatoms. The van der Waals surface area contributed by atoms with E-state index in [1.54, 1.807) is 7.05 Å². The van der Waals surface area contributed by atoms with Crippen molar-refractivity contribution in [3.8, 4) is 0 Å². The number of hydrogen-bond donors (Lipinski definition) is 2. The minimum atomic E-state index is -1.03. The van der Waals surface area contributed by atoms with Gasteiger partial charge in [-0.2, -0.15) is 5.10 Å². The van der Waals surface area contributed by atoms with Crippen LogP contribution in [-0.2, 0) is 13.5 Å². The first-order chi connectivity index (χ1) is 8.93. The van der Waals surface area contributed by atoms with E-state index < -0.39 is 23.1 Å². The van der Waals surface area contributed by atoms with E-state index in [9.17, 15) is 13.2 Å². The van der Waals surface area contributed by atoms with Gasteiger partial charge in [-0.05, 0) is 6.42 Å². The highest BCUT2D eigenvalue weighted by Gasteiger charge is 2.17. The van der Waals surface area contributed by atoms with Gasteiger partial charge in [-0.15, -0.1) is 0 Å². The molecule has 0 radical (unpaired) electrons. The van der Waals surface area contributed by atoms with Gasteiger partial charge in [0.1, 0.15) is 11.5 Å². The Morgan fingerprint density at radius 2 is 1.84 bits per heavy atom. The Balaban J connectivity index is 2.45. The first-order valence-electron chi connectivity index (χ1n) is 5.67. The van der Waals surface area contributed by atoms with Crippen molar-refractivity contribution in [2.24, 2.45) is 7.05 Å². The average molecular weight is 270 g/mol. The topological polar surface area (TPSA) is 55.9 Å². The lowest BCUT2D eigenvalue weighted by Gasteiger charge is -2.10. The van der Waals surface area contributed by atoms with Crippen LogP contribution in [0.2, 0.25) is 0 Å². The standard InChI is InChI=1S/C12H13F3N4/c1-3-9-10(16)12(19(2)18-9)17-11-7(14)4-6(13)5-8(11)15/h4-5,17H,3,16H2,1-2H3. The Morgan fingerprint density at radius 3 is 2.32 bits per heavy atom. The Morgan fingerprint density at radius 1 is 1.26 bits per heavy atom. The number of anilines is 3. The summed E-state index contributed by atoms with van der Waals surface area (Å²) >= 11 is 0. The SMILES string of the molecule is CCc1nn(C)c(Nc2c(F)cc(F)cc2F)c1N. The monoisotopic (exact) mass is 270 g/mol. The lowest BCUT2D eigenvalue weighted by atomic mass is 10.2. The van der Waals surface area contributed by atoms with E-state index in [4.69, 9.17) is 5.73 Å². The van der Waals surface area contributed by atoms with E-state index in [0.29, 0.717) is 29.9 Å². The van der Waals surface area contributed by atoms with Crippen molar-refractivity contribution in [2.75, 3.05) is 11.1 Å². The van der Waals surface area contributed by atoms with Crippen LogP contribution in [0, 0.1) is 17.5 Å². The highest BCUT2D eigenvalue weighted by molar-refractivity contribution is 5.71. The molecule has 0 amide bonds. The van der Waals surface area contributed by atoms with E-state index in [1.165, 1.54) is 4.68 Å². The van der Waals surface area contributed by atoms with Gasteiger partial charge in [-0.1, -0.05) is 6.92 Å². The number of rotatable bonds is 3. The van der Waals surface area contributed by atoms with Gasteiger partial charge >= 0.3 is 0 Å². The van der Waals surface area contributed by atoms with Crippen LogP contribution in [0.15, 0.2) is 12.1 Å². The summed E-state index contributed by atoms with van der Waals surface area (Å²) in [7, 11) is 1.59. The number of nitrogens with two attached hydrogens (primary N) is 1. The van der Waals surface area contributed by atoms with Crippen molar-refractivity contribution in [3.63, 3.8) is 0 Å². The number of nitrogens with one attached hydrogen (secondary N) is 1. The summed E-state index contributed by atoms with van der Waals surface area (Å²) in [5, 5.41) is 6.63. The van der Waals surface area contributed by atoms with Crippen LogP contribution in [0.5, 0.6) is 0 Å². The fourth-order valence-corrected chi connectivity index (χ4v) is 1.79. The lowest BCUT2D eigenvalue weighted by Crippen LogP contribution is -2.05. The van der Waals surface area contributed by atoms with E-state index in [-0.39, 0.29) is 5.82 Å². The van der Waals surface area contributed by atoms with Gasteiger partial charge in [0, 0.05) is 19.2 Å². The minimum Gasteiger partial charge on any atom is -0.394 e. The molecule has 2 rings (SSSR count). The molecule has 0 unspecified atom stereocenters. The summed E-state index contributed by atoms with van der Waals surface area (Å²) in [5.41, 5.74) is 6.30. The first-order valence-corrected chi connectivity index (χ1v) is 5.67. The number of aromatic nitrogens is 2. The van der Waals surface area contributed by atoms with Crippen LogP contribution < -0.4 is 11.1 Å². The van der Waals surface area contributed by atoms with Crippen molar-refractivity contribution in [2.45, 2.75) is 13.3 Å². The van der Waals surface area contributed by atoms with Crippen LogP contribution in [0.4, 0.5) is 30.4 Å². The summed E-state index contributed by atoms with van der Waals surface area (Å²) in [5.74, 6) is -2.78. The molecule has 3 N–H and O–H groups in total. The van der Waals surface area contributed by atoms with Gasteiger partial charge < -0.3 is 11.1 Å². The molecule has 1 heterocycles. The summed E-state index contributed by atoms with van der Waals surface area (Å²) in [6.45, 7) is 1.86. The summed E-state index contributed by atoms with van der Waals surface area (Å²) in [4.78, 5) is 0. The van der Waals surface area contributed by atoms with Gasteiger partial charge in [0.25, 0.3) is 0 Å². The molecule has 0 aliphatic rings. The minimum absolute atomic E-state index is 0.265. The maximum absolute atomic E-state index is 13.5. The normalized spacial score (nSPS) is 10.8. The predicted molar refractivity (Wildman–Crippen MR) is 66.6 cm³/mol. The van der Waals surface area contributed by atoms with Crippen LogP contribution in [-0.4, -0.2) is 9.78 Å². The number of benzene rings is 1. The van der Waals surface area contributed by atoms with Crippen molar-refractivity contribution >= 4 is 17.2 Å². The number of halogens is 3. The number of nitrogen functional groups attached to an aromatic ring is 1. The average Bonchev–Trinajstić information content (AvgIpc) is 2.59. The number of aryl methyl sites for hydroxylation is 2. The van der Waals surface area contributed by atoms with Crippen molar-refractivity contribution in [1.82, 2.24) is 9.78 Å². The second-order valence-electron chi connectivity index (χ2n) is 4.06. The van der Waals surface area contributed by atoms with Crippen molar-refractivity contribution in [3.05, 3.63) is 35.3 Å². The van der Waals surface area contributed by atoms with Crippen LogP contribution in [0.3, 0.4) is 0 Å². The zero-order valence-corrected chi connectivity index (χ0v) is 10.5. The largest absolute Gasteiger partial charge is 0.394 e. The predicted octanol–water partition coefficient (Wildman–Crippen LogP) is 2.73. The van der Waals surface area contributed by atoms with Crippen LogP contribution >= 0.6 is 0 Å². The van der Waals surface area contributed by atoms with Crippen LogP contribution in [0.1, 0.15) is 12.6 Å². The van der Waals surface area contributed by atoms with Crippen molar-refractivity contribution < 1.29 is 13.2 Å². The highest BCUT2D eigenvalue weighted by Crippen LogP contribution is 2.29. The van der Waals surface area contributed by atoms with E-state index in [2.05, 4.69) is 10.4 Å². The molecule has 0 saturated heterocycles.